The van der Waals surface area contributed by atoms with Crippen molar-refractivity contribution >= 4 is 0 Å². The molecule has 0 aromatic heterocycles. The van der Waals surface area contributed by atoms with Gasteiger partial charge in [-0.3, -0.25) is 0 Å². The van der Waals surface area contributed by atoms with Crippen molar-refractivity contribution < 1.29 is 27.0 Å². The second-order valence-corrected chi connectivity index (χ2v) is 15.1. The van der Waals surface area contributed by atoms with E-state index in [1.165, 1.54) is 76.3 Å². The minimum absolute atomic E-state index is 0.184. The minimum atomic E-state index is -4.01. The third kappa shape index (κ3) is 16.2. The van der Waals surface area contributed by atoms with Crippen LogP contribution in [0.2, 0.25) is 0 Å². The number of hydrogen-bond acceptors (Lipinski definition) is 3. The molecule has 0 saturated heterocycles. The van der Waals surface area contributed by atoms with Crippen LogP contribution >= 0.6 is 0 Å². The summed E-state index contributed by atoms with van der Waals surface area (Å²) in [5.41, 5.74) is 3.10. The molecular formula is C49H61F4NO2. The predicted octanol–water partition coefficient (Wildman–Crippen LogP) is 14.6. The summed E-state index contributed by atoms with van der Waals surface area (Å²) in [6, 6.07) is 37.3. The highest BCUT2D eigenvalue weighted by atomic mass is 19.4. The van der Waals surface area contributed by atoms with Crippen LogP contribution in [-0.2, 0) is 21.7 Å². The van der Waals surface area contributed by atoms with E-state index in [1.807, 2.05) is 60.7 Å². The molecule has 1 atom stereocenters. The van der Waals surface area contributed by atoms with Crippen molar-refractivity contribution in [3.05, 3.63) is 143 Å². The molecule has 0 unspecified atom stereocenters. The van der Waals surface area contributed by atoms with E-state index < -0.39 is 24.0 Å². The Labute approximate surface area is 333 Å². The number of nitrogens with zero attached hydrogens (tertiary/aromatic N) is 1. The third-order valence-corrected chi connectivity index (χ3v) is 10.6. The standard InChI is InChI=1S/C49H61F4NO2/c50-46-36-41(38-54)35-42(37-46)39-55-47(33-25-14-12-10-8-6-4-2-1-3-5-7-9-11-13-15-26-34-48(51,52)53)40-56-49(43-27-19-16-20-28-43,44-29-21-17-22-30-44)45-31-23-18-24-32-45/h16-24,27-32,35-37,47H,1-15,25-26,33-34,39-40H2/t47-/m1/s1. The molecule has 0 fully saturated rings. The maximum atomic E-state index is 14.3. The molecule has 4 rings (SSSR count). The zero-order valence-corrected chi connectivity index (χ0v) is 33.1. The largest absolute Gasteiger partial charge is 0.389 e. The molecule has 0 heterocycles. The van der Waals surface area contributed by atoms with Gasteiger partial charge in [0.2, 0.25) is 0 Å². The molecule has 302 valence electrons. The number of hydrogen-bond donors (Lipinski definition) is 0. The quantitative estimate of drug-likeness (QED) is 0.0328. The first-order valence-corrected chi connectivity index (χ1v) is 21.0. The molecule has 4 aromatic carbocycles. The molecule has 7 heteroatoms. The molecule has 4 aromatic rings. The number of benzene rings is 4. The fourth-order valence-corrected chi connectivity index (χ4v) is 7.56. The fraction of sp³-hybridized carbons (Fsp3) is 0.490. The van der Waals surface area contributed by atoms with E-state index in [1.54, 1.807) is 6.07 Å². The maximum absolute atomic E-state index is 14.3. The molecule has 0 saturated carbocycles. The SMILES string of the molecule is N#Cc1cc(F)cc(CO[C@H](CCCCCCCCCCCCCCCCCCCC(F)(F)F)COC(c2ccccc2)(c2ccccc2)c2ccccc2)c1. The summed E-state index contributed by atoms with van der Waals surface area (Å²) in [7, 11) is 0. The summed E-state index contributed by atoms with van der Waals surface area (Å²) in [6.07, 6.45) is 14.4. The van der Waals surface area contributed by atoms with Crippen LogP contribution in [0.1, 0.15) is 150 Å². The maximum Gasteiger partial charge on any atom is 0.389 e. The Morgan fingerprint density at radius 2 is 0.946 bits per heavy atom. The summed E-state index contributed by atoms with van der Waals surface area (Å²) < 4.78 is 64.6. The van der Waals surface area contributed by atoms with Crippen LogP contribution in [0.25, 0.3) is 0 Å². The Kier molecular flexibility index (Phi) is 20.2. The minimum Gasteiger partial charge on any atom is -0.371 e. The Bertz CT molecular complexity index is 1560. The van der Waals surface area contributed by atoms with Gasteiger partial charge in [0.15, 0.2) is 0 Å². The monoisotopic (exact) mass is 771 g/mol. The van der Waals surface area contributed by atoms with Crippen LogP contribution < -0.4 is 0 Å². The van der Waals surface area contributed by atoms with Gasteiger partial charge >= 0.3 is 6.18 Å². The topological polar surface area (TPSA) is 42.2 Å². The molecule has 56 heavy (non-hydrogen) atoms. The highest BCUT2D eigenvalue weighted by molar-refractivity contribution is 5.47. The number of alkyl halides is 3. The Hall–Kier alpha value is -3.99. The van der Waals surface area contributed by atoms with Crippen LogP contribution in [0.4, 0.5) is 17.6 Å². The first kappa shape index (κ1) is 44.7. The summed E-state index contributed by atoms with van der Waals surface area (Å²) in [5, 5.41) is 9.40. The van der Waals surface area contributed by atoms with Crippen molar-refractivity contribution in [3.63, 3.8) is 0 Å². The number of rotatable bonds is 28. The highest BCUT2D eigenvalue weighted by Crippen LogP contribution is 2.41. The summed E-state index contributed by atoms with van der Waals surface area (Å²) in [5.74, 6) is -0.446. The Morgan fingerprint density at radius 3 is 1.36 bits per heavy atom. The Morgan fingerprint density at radius 1 is 0.536 bits per heavy atom. The number of halogens is 4. The van der Waals surface area contributed by atoms with Gasteiger partial charge in [-0.1, -0.05) is 194 Å². The molecule has 0 spiro atoms. The summed E-state index contributed by atoms with van der Waals surface area (Å²) in [6.45, 7) is 0.508. The van der Waals surface area contributed by atoms with Crippen LogP contribution in [0.3, 0.4) is 0 Å². The first-order chi connectivity index (χ1) is 27.3. The first-order valence-electron chi connectivity index (χ1n) is 21.0. The van der Waals surface area contributed by atoms with Gasteiger partial charge in [-0.15, -0.1) is 0 Å². The lowest BCUT2D eigenvalue weighted by Gasteiger charge is -2.37. The molecule has 0 N–H and O–H groups in total. The number of nitriles is 1. The van der Waals surface area contributed by atoms with E-state index in [-0.39, 0.29) is 24.7 Å². The van der Waals surface area contributed by atoms with Gasteiger partial charge in [-0.05, 0) is 53.3 Å². The van der Waals surface area contributed by atoms with Crippen LogP contribution in [0, 0.1) is 17.1 Å². The van der Waals surface area contributed by atoms with Crippen molar-refractivity contribution in [2.24, 2.45) is 0 Å². The summed E-state index contributed by atoms with van der Waals surface area (Å²) >= 11 is 0. The second-order valence-electron chi connectivity index (χ2n) is 15.1. The van der Waals surface area contributed by atoms with E-state index in [2.05, 4.69) is 36.4 Å². The van der Waals surface area contributed by atoms with Gasteiger partial charge in [0, 0.05) is 6.42 Å². The van der Waals surface area contributed by atoms with Crippen molar-refractivity contribution in [1.29, 1.82) is 5.26 Å². The predicted molar refractivity (Wildman–Crippen MR) is 219 cm³/mol. The van der Waals surface area contributed by atoms with E-state index in [0.717, 1.165) is 55.2 Å². The fourth-order valence-electron chi connectivity index (χ4n) is 7.56. The van der Waals surface area contributed by atoms with Crippen molar-refractivity contribution in [1.82, 2.24) is 0 Å². The van der Waals surface area contributed by atoms with Crippen LogP contribution in [0.5, 0.6) is 0 Å². The summed E-state index contributed by atoms with van der Waals surface area (Å²) in [4.78, 5) is 0. The van der Waals surface area contributed by atoms with E-state index in [4.69, 9.17) is 9.47 Å². The zero-order valence-electron chi connectivity index (χ0n) is 33.1. The zero-order chi connectivity index (χ0) is 39.7. The van der Waals surface area contributed by atoms with Gasteiger partial charge in [-0.2, -0.15) is 18.4 Å². The molecule has 0 aliphatic rings. The lowest BCUT2D eigenvalue weighted by atomic mass is 9.80. The lowest BCUT2D eigenvalue weighted by molar-refractivity contribution is -0.135. The molecule has 0 aliphatic carbocycles. The molecule has 0 aliphatic heterocycles. The van der Waals surface area contributed by atoms with Crippen molar-refractivity contribution in [2.75, 3.05) is 6.61 Å². The van der Waals surface area contributed by atoms with Crippen molar-refractivity contribution in [2.45, 2.75) is 146 Å². The Balaban J connectivity index is 1.23. The molecule has 0 radical (unpaired) electrons. The highest BCUT2D eigenvalue weighted by Gasteiger charge is 2.38. The van der Waals surface area contributed by atoms with E-state index in [0.29, 0.717) is 18.6 Å². The van der Waals surface area contributed by atoms with Gasteiger partial charge in [0.05, 0.1) is 31.0 Å². The molecule has 0 bridgehead atoms. The van der Waals surface area contributed by atoms with E-state index >= 15 is 0 Å². The smallest absolute Gasteiger partial charge is 0.371 e. The van der Waals surface area contributed by atoms with Crippen LogP contribution in [-0.4, -0.2) is 18.9 Å². The third-order valence-electron chi connectivity index (χ3n) is 10.6. The van der Waals surface area contributed by atoms with Gasteiger partial charge in [0.25, 0.3) is 0 Å². The van der Waals surface area contributed by atoms with Crippen LogP contribution in [0.15, 0.2) is 109 Å². The van der Waals surface area contributed by atoms with Gasteiger partial charge in [0.1, 0.15) is 11.4 Å². The average Bonchev–Trinajstić information content (AvgIpc) is 3.21. The van der Waals surface area contributed by atoms with E-state index in [9.17, 15) is 22.8 Å². The molecular weight excluding hydrogens is 711 g/mol. The lowest BCUT2D eigenvalue weighted by Crippen LogP contribution is -2.36. The molecule has 3 nitrogen and oxygen atoms in total. The number of unbranched alkanes of at least 4 members (excludes halogenated alkanes) is 16. The second kappa shape index (κ2) is 25.3. The van der Waals surface area contributed by atoms with Gasteiger partial charge in [-0.25, -0.2) is 4.39 Å². The average molecular weight is 772 g/mol. The van der Waals surface area contributed by atoms with Crippen molar-refractivity contribution in [3.8, 4) is 6.07 Å². The molecule has 0 amide bonds. The number of ether oxygens (including phenoxy) is 2. The van der Waals surface area contributed by atoms with Gasteiger partial charge < -0.3 is 9.47 Å². The normalized spacial score (nSPS) is 12.4.